The second-order valence-electron chi connectivity index (χ2n) is 6.73. The van der Waals surface area contributed by atoms with Gasteiger partial charge in [-0.2, -0.15) is 0 Å². The van der Waals surface area contributed by atoms with Crippen molar-refractivity contribution in [1.82, 2.24) is 0 Å². The van der Waals surface area contributed by atoms with E-state index in [1.165, 1.54) is 11.1 Å². The highest BCUT2D eigenvalue weighted by Gasteiger charge is 2.40. The molecular formula is C17H26N2. The lowest BCUT2D eigenvalue weighted by Crippen LogP contribution is -2.47. The fourth-order valence-corrected chi connectivity index (χ4v) is 3.10. The lowest BCUT2D eigenvalue weighted by Gasteiger charge is -2.43. The molecule has 2 heteroatoms. The van der Waals surface area contributed by atoms with Crippen LogP contribution < -0.4 is 11.5 Å². The Labute approximate surface area is 116 Å². The van der Waals surface area contributed by atoms with E-state index in [1.54, 1.807) is 0 Å². The summed E-state index contributed by atoms with van der Waals surface area (Å²) in [5.41, 5.74) is 15.1. The molecule has 2 rings (SSSR count). The molecule has 2 aliphatic carbocycles. The fourth-order valence-electron chi connectivity index (χ4n) is 3.10. The van der Waals surface area contributed by atoms with Gasteiger partial charge in [0.2, 0.25) is 0 Å². The molecule has 4 atom stereocenters. The molecule has 19 heavy (non-hydrogen) atoms. The number of allylic oxidation sites excluding steroid dienone is 4. The number of nitrogens with two attached hydrogens (primary N) is 2. The van der Waals surface area contributed by atoms with Gasteiger partial charge in [0.1, 0.15) is 0 Å². The molecule has 0 bridgehead atoms. The number of hydrogen-bond acceptors (Lipinski definition) is 2. The third kappa shape index (κ3) is 2.75. The first-order valence-electron chi connectivity index (χ1n) is 7.02. The molecule has 4 unspecified atom stereocenters. The molecule has 2 aliphatic rings. The van der Waals surface area contributed by atoms with Crippen LogP contribution in [0.4, 0.5) is 0 Å². The van der Waals surface area contributed by atoms with E-state index in [2.05, 4.69) is 64.2 Å². The highest BCUT2D eigenvalue weighted by molar-refractivity contribution is 5.33. The van der Waals surface area contributed by atoms with Crippen LogP contribution in [0, 0.1) is 10.8 Å². The Morgan fingerprint density at radius 1 is 0.895 bits per heavy atom. The van der Waals surface area contributed by atoms with Crippen molar-refractivity contribution in [2.75, 3.05) is 0 Å². The molecule has 0 amide bonds. The summed E-state index contributed by atoms with van der Waals surface area (Å²) in [6, 6.07) is 0.115. The standard InChI is InChI=1S/C17H26N2/c1-12-5-7-16(3,14(18)9-12)11-17(4)8-6-13(2)10-15(17)19/h5-10,14-15H,11,18-19H2,1-4H3. The minimum absolute atomic E-state index is 0.0324. The van der Waals surface area contributed by atoms with Gasteiger partial charge in [-0.05, 0) is 20.3 Å². The Balaban J connectivity index is 2.22. The third-order valence-corrected chi connectivity index (χ3v) is 4.62. The number of hydrogen-bond donors (Lipinski definition) is 2. The highest BCUT2D eigenvalue weighted by Crippen LogP contribution is 2.43. The van der Waals surface area contributed by atoms with Gasteiger partial charge in [0.25, 0.3) is 0 Å². The van der Waals surface area contributed by atoms with Crippen molar-refractivity contribution in [3.8, 4) is 0 Å². The molecule has 4 N–H and O–H groups in total. The summed E-state index contributed by atoms with van der Waals surface area (Å²) in [5, 5.41) is 0. The predicted octanol–water partition coefficient (Wildman–Crippen LogP) is 3.08. The molecule has 0 spiro atoms. The Morgan fingerprint density at radius 2 is 1.26 bits per heavy atom. The maximum atomic E-state index is 6.34. The zero-order valence-corrected chi connectivity index (χ0v) is 12.5. The molecule has 0 heterocycles. The maximum absolute atomic E-state index is 6.34. The number of rotatable bonds is 2. The molecule has 0 saturated heterocycles. The van der Waals surface area contributed by atoms with Crippen LogP contribution in [0.2, 0.25) is 0 Å². The van der Waals surface area contributed by atoms with Crippen LogP contribution in [0.3, 0.4) is 0 Å². The molecule has 104 valence electrons. The topological polar surface area (TPSA) is 52.0 Å². The van der Waals surface area contributed by atoms with Crippen molar-refractivity contribution in [3.63, 3.8) is 0 Å². The van der Waals surface area contributed by atoms with Crippen molar-refractivity contribution < 1.29 is 0 Å². The zero-order valence-electron chi connectivity index (χ0n) is 12.5. The van der Waals surface area contributed by atoms with Crippen LogP contribution in [0.1, 0.15) is 34.1 Å². The summed E-state index contributed by atoms with van der Waals surface area (Å²) >= 11 is 0. The molecule has 0 fully saturated rings. The van der Waals surface area contributed by atoms with Crippen molar-refractivity contribution in [2.24, 2.45) is 22.3 Å². The molecule has 0 aromatic rings. The van der Waals surface area contributed by atoms with Gasteiger partial charge in [-0.15, -0.1) is 0 Å². The fraction of sp³-hybridized carbons (Fsp3) is 0.529. The van der Waals surface area contributed by atoms with E-state index in [0.717, 1.165) is 6.42 Å². The average Bonchev–Trinajstić information content (AvgIpc) is 2.31. The average molecular weight is 258 g/mol. The molecule has 0 saturated carbocycles. The SMILES string of the molecule is CC1=CC(N)C(C)(CC2(C)C=CC(C)=CC2N)C=C1. The van der Waals surface area contributed by atoms with Crippen molar-refractivity contribution in [3.05, 3.63) is 47.6 Å². The first-order valence-corrected chi connectivity index (χ1v) is 7.02. The minimum atomic E-state index is -0.0324. The van der Waals surface area contributed by atoms with Crippen molar-refractivity contribution in [1.29, 1.82) is 0 Å². The first kappa shape index (κ1) is 14.3. The minimum Gasteiger partial charge on any atom is -0.324 e. The first-order chi connectivity index (χ1) is 8.75. The van der Waals surface area contributed by atoms with Gasteiger partial charge in [-0.1, -0.05) is 61.4 Å². The Morgan fingerprint density at radius 3 is 1.58 bits per heavy atom. The molecule has 0 aromatic heterocycles. The Hall–Kier alpha value is -1.12. The van der Waals surface area contributed by atoms with Gasteiger partial charge in [0.15, 0.2) is 0 Å². The normalized spacial score (nSPS) is 42.0. The summed E-state index contributed by atoms with van der Waals surface area (Å²) in [5.74, 6) is 0. The summed E-state index contributed by atoms with van der Waals surface area (Å²) in [6.45, 7) is 8.65. The van der Waals surface area contributed by atoms with E-state index in [1.807, 2.05) is 0 Å². The van der Waals surface area contributed by atoms with E-state index in [-0.39, 0.29) is 22.9 Å². The molecule has 0 aromatic carbocycles. The van der Waals surface area contributed by atoms with Gasteiger partial charge >= 0.3 is 0 Å². The van der Waals surface area contributed by atoms with E-state index < -0.39 is 0 Å². The van der Waals surface area contributed by atoms with Gasteiger partial charge in [0, 0.05) is 22.9 Å². The van der Waals surface area contributed by atoms with Crippen LogP contribution >= 0.6 is 0 Å². The van der Waals surface area contributed by atoms with Crippen molar-refractivity contribution >= 4 is 0 Å². The van der Waals surface area contributed by atoms with Gasteiger partial charge < -0.3 is 11.5 Å². The van der Waals surface area contributed by atoms with Crippen molar-refractivity contribution in [2.45, 2.75) is 46.2 Å². The quantitative estimate of drug-likeness (QED) is 0.799. The lowest BCUT2D eigenvalue weighted by molar-refractivity contribution is 0.213. The summed E-state index contributed by atoms with van der Waals surface area (Å²) in [6.07, 6.45) is 14.1. The summed E-state index contributed by atoms with van der Waals surface area (Å²) in [4.78, 5) is 0. The second kappa shape index (κ2) is 4.77. The third-order valence-electron chi connectivity index (χ3n) is 4.62. The molecule has 0 aliphatic heterocycles. The smallest absolute Gasteiger partial charge is 0.0319 e. The van der Waals surface area contributed by atoms with Crippen LogP contribution in [0.5, 0.6) is 0 Å². The molecular weight excluding hydrogens is 232 g/mol. The van der Waals surface area contributed by atoms with E-state index in [4.69, 9.17) is 11.5 Å². The van der Waals surface area contributed by atoms with Gasteiger partial charge in [-0.3, -0.25) is 0 Å². The summed E-state index contributed by atoms with van der Waals surface area (Å²) in [7, 11) is 0. The van der Waals surface area contributed by atoms with Gasteiger partial charge in [0.05, 0.1) is 0 Å². The van der Waals surface area contributed by atoms with Crippen LogP contribution in [-0.2, 0) is 0 Å². The van der Waals surface area contributed by atoms with Crippen LogP contribution in [-0.4, -0.2) is 12.1 Å². The molecule has 2 nitrogen and oxygen atoms in total. The zero-order chi connectivity index (χ0) is 14.3. The largest absolute Gasteiger partial charge is 0.324 e. The highest BCUT2D eigenvalue weighted by atomic mass is 14.7. The van der Waals surface area contributed by atoms with E-state index in [0.29, 0.717) is 0 Å². The Bertz CT molecular complexity index is 439. The summed E-state index contributed by atoms with van der Waals surface area (Å²) < 4.78 is 0. The lowest BCUT2D eigenvalue weighted by atomic mass is 9.63. The van der Waals surface area contributed by atoms with Crippen LogP contribution in [0.15, 0.2) is 47.6 Å². The van der Waals surface area contributed by atoms with Crippen LogP contribution in [0.25, 0.3) is 0 Å². The second-order valence-corrected chi connectivity index (χ2v) is 6.73. The van der Waals surface area contributed by atoms with E-state index in [9.17, 15) is 0 Å². The van der Waals surface area contributed by atoms with Gasteiger partial charge in [-0.25, -0.2) is 0 Å². The maximum Gasteiger partial charge on any atom is 0.0319 e. The predicted molar refractivity (Wildman–Crippen MR) is 82.6 cm³/mol. The monoisotopic (exact) mass is 258 g/mol. The van der Waals surface area contributed by atoms with E-state index >= 15 is 0 Å². The Kier molecular flexibility index (Phi) is 3.59. The molecule has 0 radical (unpaired) electrons.